The molecular formula is C14H16ClNO3. The van der Waals surface area contributed by atoms with Gasteiger partial charge in [-0.05, 0) is 18.9 Å². The number of nitrogens with zero attached hydrogens (tertiary/aromatic N) is 1. The highest BCUT2D eigenvalue weighted by Gasteiger charge is 2.47. The lowest BCUT2D eigenvalue weighted by atomic mass is 9.63. The second-order valence-electron chi connectivity index (χ2n) is 5.52. The fraction of sp³-hybridized carbons (Fsp3) is 0.500. The maximum Gasteiger partial charge on any atom is 0.339 e. The minimum absolute atomic E-state index is 0.107. The predicted octanol–water partition coefficient (Wildman–Crippen LogP) is 3.04. The maximum atomic E-state index is 11.1. The van der Waals surface area contributed by atoms with Gasteiger partial charge >= 0.3 is 5.97 Å². The average molecular weight is 282 g/mol. The third-order valence-electron chi connectivity index (χ3n) is 4.31. The molecule has 0 amide bonds. The van der Waals surface area contributed by atoms with Gasteiger partial charge in [0.25, 0.3) is 0 Å². The van der Waals surface area contributed by atoms with Gasteiger partial charge in [0.05, 0.1) is 17.8 Å². The minimum Gasteiger partial charge on any atom is -0.496 e. The quantitative estimate of drug-likeness (QED) is 0.925. The van der Waals surface area contributed by atoms with Gasteiger partial charge in [0, 0.05) is 24.6 Å². The van der Waals surface area contributed by atoms with Crippen molar-refractivity contribution in [1.29, 1.82) is 0 Å². The molecule has 1 heterocycles. The highest BCUT2D eigenvalue weighted by Crippen LogP contribution is 2.51. The molecule has 0 atom stereocenters. The number of anilines is 1. The number of ether oxygens (including phenoxy) is 1. The zero-order valence-corrected chi connectivity index (χ0v) is 11.5. The lowest BCUT2D eigenvalue weighted by Gasteiger charge is -2.57. The van der Waals surface area contributed by atoms with E-state index >= 15 is 0 Å². The van der Waals surface area contributed by atoms with E-state index in [4.69, 9.17) is 21.4 Å². The molecular weight excluding hydrogens is 266 g/mol. The Morgan fingerprint density at radius 3 is 2.58 bits per heavy atom. The van der Waals surface area contributed by atoms with E-state index in [-0.39, 0.29) is 5.56 Å². The van der Waals surface area contributed by atoms with Crippen LogP contribution in [0.15, 0.2) is 12.1 Å². The van der Waals surface area contributed by atoms with Gasteiger partial charge < -0.3 is 14.7 Å². The highest BCUT2D eigenvalue weighted by molar-refractivity contribution is 6.33. The van der Waals surface area contributed by atoms with Crippen LogP contribution in [-0.2, 0) is 0 Å². The summed E-state index contributed by atoms with van der Waals surface area (Å²) in [5.41, 5.74) is 1.48. The van der Waals surface area contributed by atoms with Crippen LogP contribution in [0.5, 0.6) is 5.75 Å². The standard InChI is InChI=1S/C14H16ClNO3/c1-19-12-6-11(10(15)5-9(12)13(17)18)16-7-14(8-16)3-2-4-14/h5-6H,2-4,7-8H2,1H3,(H,17,18). The molecule has 5 heteroatoms. The first-order chi connectivity index (χ1) is 9.04. The Balaban J connectivity index is 1.88. The Hall–Kier alpha value is -1.42. The molecule has 3 rings (SSSR count). The van der Waals surface area contributed by atoms with Crippen molar-refractivity contribution in [2.45, 2.75) is 19.3 Å². The zero-order valence-electron chi connectivity index (χ0n) is 10.8. The van der Waals surface area contributed by atoms with Gasteiger partial charge in [0.2, 0.25) is 0 Å². The number of methoxy groups -OCH3 is 1. The molecule has 102 valence electrons. The number of carboxylic acid groups (broad SMARTS) is 1. The van der Waals surface area contributed by atoms with Gasteiger partial charge in [0.15, 0.2) is 0 Å². The lowest BCUT2D eigenvalue weighted by Crippen LogP contribution is -2.59. The molecule has 1 aliphatic carbocycles. The summed E-state index contributed by atoms with van der Waals surface area (Å²) < 4.78 is 5.15. The minimum atomic E-state index is -1.02. The highest BCUT2D eigenvalue weighted by atomic mass is 35.5. The largest absolute Gasteiger partial charge is 0.496 e. The van der Waals surface area contributed by atoms with Crippen LogP contribution in [-0.4, -0.2) is 31.3 Å². The van der Waals surface area contributed by atoms with Crippen LogP contribution in [0.25, 0.3) is 0 Å². The Bertz CT molecular complexity index is 532. The molecule has 0 unspecified atom stereocenters. The van der Waals surface area contributed by atoms with Crippen LogP contribution in [0, 0.1) is 5.41 Å². The molecule has 4 nitrogen and oxygen atoms in total. The summed E-state index contributed by atoms with van der Waals surface area (Å²) in [5.74, 6) is -0.661. The van der Waals surface area contributed by atoms with Crippen molar-refractivity contribution in [3.8, 4) is 5.75 Å². The number of hydrogen-bond acceptors (Lipinski definition) is 3. The van der Waals surface area contributed by atoms with E-state index in [0.717, 1.165) is 18.8 Å². The van der Waals surface area contributed by atoms with E-state index < -0.39 is 5.97 Å². The molecule has 1 aromatic carbocycles. The van der Waals surface area contributed by atoms with Gasteiger partial charge in [-0.2, -0.15) is 0 Å². The van der Waals surface area contributed by atoms with Crippen molar-refractivity contribution in [2.24, 2.45) is 5.41 Å². The third-order valence-corrected chi connectivity index (χ3v) is 4.61. The zero-order chi connectivity index (χ0) is 13.6. The Labute approximate surface area is 116 Å². The summed E-state index contributed by atoms with van der Waals surface area (Å²) in [7, 11) is 1.48. The number of rotatable bonds is 3. The van der Waals surface area contributed by atoms with Crippen LogP contribution in [0.4, 0.5) is 5.69 Å². The number of benzene rings is 1. The van der Waals surface area contributed by atoms with Gasteiger partial charge in [-0.15, -0.1) is 0 Å². The van der Waals surface area contributed by atoms with E-state index in [0.29, 0.717) is 16.2 Å². The Kier molecular flexibility index (Phi) is 2.86. The molecule has 0 bridgehead atoms. The topological polar surface area (TPSA) is 49.8 Å². The molecule has 1 aromatic rings. The fourth-order valence-electron chi connectivity index (χ4n) is 3.05. The van der Waals surface area contributed by atoms with E-state index in [2.05, 4.69) is 4.90 Å². The van der Waals surface area contributed by atoms with Crippen LogP contribution in [0.2, 0.25) is 5.02 Å². The SMILES string of the molecule is COc1cc(N2CC3(CCC3)C2)c(Cl)cc1C(=O)O. The number of hydrogen-bond donors (Lipinski definition) is 1. The molecule has 2 aliphatic rings. The summed E-state index contributed by atoms with van der Waals surface area (Å²) in [6.07, 6.45) is 3.92. The summed E-state index contributed by atoms with van der Waals surface area (Å²) in [5, 5.41) is 9.58. The first-order valence-corrected chi connectivity index (χ1v) is 6.78. The Morgan fingerprint density at radius 2 is 2.11 bits per heavy atom. The molecule has 0 radical (unpaired) electrons. The summed E-state index contributed by atoms with van der Waals surface area (Å²) in [6, 6.07) is 3.21. The van der Waals surface area contributed by atoms with E-state index in [1.807, 2.05) is 0 Å². The molecule has 2 fully saturated rings. The van der Waals surface area contributed by atoms with Crippen molar-refractivity contribution in [3.05, 3.63) is 22.7 Å². The van der Waals surface area contributed by atoms with Gasteiger partial charge in [0.1, 0.15) is 11.3 Å². The van der Waals surface area contributed by atoms with E-state index in [9.17, 15) is 4.79 Å². The number of halogens is 1. The number of aromatic carboxylic acids is 1. The van der Waals surface area contributed by atoms with Crippen molar-refractivity contribution in [2.75, 3.05) is 25.1 Å². The molecule has 1 spiro atoms. The second-order valence-corrected chi connectivity index (χ2v) is 5.93. The maximum absolute atomic E-state index is 11.1. The van der Waals surface area contributed by atoms with Crippen molar-refractivity contribution < 1.29 is 14.6 Å². The molecule has 1 aliphatic heterocycles. The number of carboxylic acids is 1. The van der Waals surface area contributed by atoms with Gasteiger partial charge in [-0.3, -0.25) is 0 Å². The molecule has 1 saturated carbocycles. The first kappa shape index (κ1) is 12.6. The fourth-order valence-corrected chi connectivity index (χ4v) is 3.33. The smallest absolute Gasteiger partial charge is 0.339 e. The molecule has 1 N–H and O–H groups in total. The average Bonchev–Trinajstić information content (AvgIpc) is 2.26. The second kappa shape index (κ2) is 4.30. The van der Waals surface area contributed by atoms with Crippen LogP contribution < -0.4 is 9.64 Å². The first-order valence-electron chi connectivity index (χ1n) is 6.40. The normalized spacial score (nSPS) is 19.8. The van der Waals surface area contributed by atoms with E-state index in [1.54, 1.807) is 6.07 Å². The summed E-state index contributed by atoms with van der Waals surface area (Å²) in [4.78, 5) is 13.3. The van der Waals surface area contributed by atoms with Crippen molar-refractivity contribution in [1.82, 2.24) is 0 Å². The van der Waals surface area contributed by atoms with Crippen LogP contribution in [0.3, 0.4) is 0 Å². The van der Waals surface area contributed by atoms with Crippen molar-refractivity contribution >= 4 is 23.3 Å². The van der Waals surface area contributed by atoms with E-state index in [1.165, 1.54) is 32.4 Å². The van der Waals surface area contributed by atoms with Crippen LogP contribution >= 0.6 is 11.6 Å². The molecule has 19 heavy (non-hydrogen) atoms. The number of carbonyl (C=O) groups is 1. The summed E-state index contributed by atoms with van der Waals surface area (Å²) >= 11 is 6.20. The van der Waals surface area contributed by atoms with Gasteiger partial charge in [-0.25, -0.2) is 4.79 Å². The Morgan fingerprint density at radius 1 is 1.42 bits per heavy atom. The summed E-state index contributed by atoms with van der Waals surface area (Å²) in [6.45, 7) is 2.03. The molecule has 0 aromatic heterocycles. The molecule has 1 saturated heterocycles. The monoisotopic (exact) mass is 281 g/mol. The van der Waals surface area contributed by atoms with Crippen molar-refractivity contribution in [3.63, 3.8) is 0 Å². The van der Waals surface area contributed by atoms with Crippen LogP contribution in [0.1, 0.15) is 29.6 Å². The third kappa shape index (κ3) is 1.94. The van der Waals surface area contributed by atoms with Gasteiger partial charge in [-0.1, -0.05) is 18.0 Å². The predicted molar refractivity (Wildman–Crippen MR) is 73.5 cm³/mol. The lowest BCUT2D eigenvalue weighted by molar-refractivity contribution is 0.0693.